The van der Waals surface area contributed by atoms with E-state index in [-0.39, 0.29) is 11.9 Å². The molecule has 3 rings (SSSR count). The van der Waals surface area contributed by atoms with E-state index < -0.39 is 0 Å². The molecular weight excluding hydrogens is 320 g/mol. The maximum Gasteiger partial charge on any atom is 0.317 e. The smallest absolute Gasteiger partial charge is 0.317 e. The van der Waals surface area contributed by atoms with E-state index in [1.165, 1.54) is 0 Å². The lowest BCUT2D eigenvalue weighted by Gasteiger charge is -2.43. The van der Waals surface area contributed by atoms with Crippen LogP contribution < -0.4 is 10.6 Å². The molecule has 2 N–H and O–H groups in total. The summed E-state index contributed by atoms with van der Waals surface area (Å²) in [5, 5.41) is 5.74. The van der Waals surface area contributed by atoms with Crippen LogP contribution in [-0.4, -0.2) is 73.7 Å². The highest BCUT2D eigenvalue weighted by Crippen LogP contribution is 2.14. The summed E-state index contributed by atoms with van der Waals surface area (Å²) < 4.78 is 5.51. The lowest BCUT2D eigenvalue weighted by molar-refractivity contribution is -0.0365. The van der Waals surface area contributed by atoms with Crippen LogP contribution >= 0.6 is 0 Å². The van der Waals surface area contributed by atoms with Crippen LogP contribution in [0.4, 0.5) is 4.79 Å². The Kier molecular flexibility index (Phi) is 5.88. The maximum absolute atomic E-state index is 12.4. The number of morpholine rings is 1. The summed E-state index contributed by atoms with van der Waals surface area (Å²) in [6, 6.07) is 7.58. The van der Waals surface area contributed by atoms with E-state index in [0.29, 0.717) is 37.8 Å². The van der Waals surface area contributed by atoms with Gasteiger partial charge in [0.2, 0.25) is 0 Å². The van der Waals surface area contributed by atoms with Gasteiger partial charge >= 0.3 is 6.03 Å². The molecule has 2 saturated heterocycles. The molecule has 2 aliphatic heterocycles. The van der Waals surface area contributed by atoms with Crippen LogP contribution in [0.3, 0.4) is 0 Å². The molecule has 7 heteroatoms. The second-order valence-corrected chi connectivity index (χ2v) is 6.43. The Morgan fingerprint density at radius 1 is 1.24 bits per heavy atom. The molecule has 0 aliphatic carbocycles. The number of nitrogens with one attached hydrogen (secondary N) is 2. The number of amides is 3. The zero-order valence-electron chi connectivity index (χ0n) is 14.7. The number of benzene rings is 1. The Labute approximate surface area is 148 Å². The van der Waals surface area contributed by atoms with Gasteiger partial charge in [-0.1, -0.05) is 12.1 Å². The second kappa shape index (κ2) is 8.31. The monoisotopic (exact) mass is 346 g/mol. The molecule has 0 unspecified atom stereocenters. The second-order valence-electron chi connectivity index (χ2n) is 6.43. The molecule has 1 aromatic rings. The summed E-state index contributed by atoms with van der Waals surface area (Å²) in [6.45, 7) is 7.65. The molecule has 2 heterocycles. The average Bonchev–Trinajstić information content (AvgIpc) is 2.66. The molecule has 136 valence electrons. The van der Waals surface area contributed by atoms with Crippen molar-refractivity contribution in [3.8, 4) is 0 Å². The first-order valence-corrected chi connectivity index (χ1v) is 8.89. The fraction of sp³-hybridized carbons (Fsp3) is 0.556. The quantitative estimate of drug-likeness (QED) is 0.840. The van der Waals surface area contributed by atoms with Gasteiger partial charge in [0.05, 0.1) is 19.3 Å². The van der Waals surface area contributed by atoms with E-state index in [4.69, 9.17) is 4.74 Å². The highest BCUT2D eigenvalue weighted by molar-refractivity contribution is 5.94. The van der Waals surface area contributed by atoms with Crippen molar-refractivity contribution >= 4 is 11.9 Å². The Morgan fingerprint density at radius 3 is 2.96 bits per heavy atom. The van der Waals surface area contributed by atoms with Crippen molar-refractivity contribution in [2.24, 2.45) is 0 Å². The SMILES string of the molecule is CCNC(=O)c1cccc(CNC(=O)N2CCN3CCOC[C@@H]3C2)c1. The van der Waals surface area contributed by atoms with E-state index in [1.54, 1.807) is 6.07 Å². The molecule has 2 aliphatic rings. The number of ether oxygens (including phenoxy) is 1. The van der Waals surface area contributed by atoms with Crippen molar-refractivity contribution in [3.63, 3.8) is 0 Å². The summed E-state index contributed by atoms with van der Waals surface area (Å²) in [5.41, 5.74) is 1.53. The van der Waals surface area contributed by atoms with Gasteiger partial charge in [-0.05, 0) is 24.6 Å². The van der Waals surface area contributed by atoms with Gasteiger partial charge in [0, 0.05) is 44.8 Å². The first-order valence-electron chi connectivity index (χ1n) is 8.89. The number of carbonyl (C=O) groups excluding carboxylic acids is 2. The van der Waals surface area contributed by atoms with Gasteiger partial charge < -0.3 is 20.3 Å². The maximum atomic E-state index is 12.4. The van der Waals surface area contributed by atoms with Crippen LogP contribution in [0.15, 0.2) is 24.3 Å². The number of nitrogens with zero attached hydrogens (tertiary/aromatic N) is 2. The van der Waals surface area contributed by atoms with Gasteiger partial charge in [0.15, 0.2) is 0 Å². The number of fused-ring (bicyclic) bond motifs is 1. The van der Waals surface area contributed by atoms with Gasteiger partial charge in [0.25, 0.3) is 5.91 Å². The summed E-state index contributed by atoms with van der Waals surface area (Å²) in [6.07, 6.45) is 0. The molecule has 7 nitrogen and oxygen atoms in total. The Bertz CT molecular complexity index is 622. The molecule has 2 fully saturated rings. The number of hydrogen-bond donors (Lipinski definition) is 2. The topological polar surface area (TPSA) is 73.9 Å². The molecule has 0 bridgehead atoms. The lowest BCUT2D eigenvalue weighted by Crippen LogP contribution is -2.60. The van der Waals surface area contributed by atoms with Crippen LogP contribution in [0, 0.1) is 0 Å². The van der Waals surface area contributed by atoms with Crippen molar-refractivity contribution in [2.75, 3.05) is 45.9 Å². The summed E-state index contributed by atoms with van der Waals surface area (Å²) in [4.78, 5) is 28.6. The molecule has 0 spiro atoms. The summed E-state index contributed by atoms with van der Waals surface area (Å²) in [7, 11) is 0. The van der Waals surface area contributed by atoms with Crippen molar-refractivity contribution in [1.82, 2.24) is 20.4 Å². The Hall–Kier alpha value is -2.12. The van der Waals surface area contributed by atoms with Crippen molar-refractivity contribution in [1.29, 1.82) is 0 Å². The van der Waals surface area contributed by atoms with E-state index >= 15 is 0 Å². The third-order valence-corrected chi connectivity index (χ3v) is 4.70. The predicted octanol–water partition coefficient (Wildman–Crippen LogP) is 0.662. The van der Waals surface area contributed by atoms with Crippen LogP contribution in [0.25, 0.3) is 0 Å². The fourth-order valence-corrected chi connectivity index (χ4v) is 3.31. The molecule has 0 saturated carbocycles. The zero-order valence-corrected chi connectivity index (χ0v) is 14.7. The molecule has 1 atom stereocenters. The van der Waals surface area contributed by atoms with Crippen LogP contribution in [0.2, 0.25) is 0 Å². The van der Waals surface area contributed by atoms with Crippen molar-refractivity contribution in [2.45, 2.75) is 19.5 Å². The molecular formula is C18H26N4O3. The lowest BCUT2D eigenvalue weighted by atomic mass is 10.1. The average molecular weight is 346 g/mol. The Balaban J connectivity index is 1.52. The van der Waals surface area contributed by atoms with Gasteiger partial charge in [-0.15, -0.1) is 0 Å². The van der Waals surface area contributed by atoms with Crippen LogP contribution in [0.5, 0.6) is 0 Å². The largest absolute Gasteiger partial charge is 0.378 e. The minimum absolute atomic E-state index is 0.0614. The normalized spacial score (nSPS) is 20.7. The molecule has 0 aromatic heterocycles. The first-order chi connectivity index (χ1) is 12.2. The summed E-state index contributed by atoms with van der Waals surface area (Å²) >= 11 is 0. The van der Waals surface area contributed by atoms with E-state index in [9.17, 15) is 9.59 Å². The minimum Gasteiger partial charge on any atom is -0.378 e. The number of hydrogen-bond acceptors (Lipinski definition) is 4. The van der Waals surface area contributed by atoms with Crippen molar-refractivity contribution < 1.29 is 14.3 Å². The highest BCUT2D eigenvalue weighted by Gasteiger charge is 2.31. The van der Waals surface area contributed by atoms with Gasteiger partial charge in [0.1, 0.15) is 0 Å². The Morgan fingerprint density at radius 2 is 2.12 bits per heavy atom. The van der Waals surface area contributed by atoms with Crippen LogP contribution in [0.1, 0.15) is 22.8 Å². The molecule has 0 radical (unpaired) electrons. The number of rotatable bonds is 4. The molecule has 25 heavy (non-hydrogen) atoms. The third kappa shape index (κ3) is 4.49. The highest BCUT2D eigenvalue weighted by atomic mass is 16.5. The number of carbonyl (C=O) groups is 2. The zero-order chi connectivity index (χ0) is 17.6. The number of piperazine rings is 1. The first kappa shape index (κ1) is 17.7. The minimum atomic E-state index is -0.0934. The van der Waals surface area contributed by atoms with E-state index in [0.717, 1.165) is 31.8 Å². The fourth-order valence-electron chi connectivity index (χ4n) is 3.31. The van der Waals surface area contributed by atoms with Gasteiger partial charge in [-0.3, -0.25) is 9.69 Å². The van der Waals surface area contributed by atoms with E-state index in [1.807, 2.05) is 30.0 Å². The standard InChI is InChI=1S/C18H26N4O3/c1-2-19-17(23)15-5-3-4-14(10-15)11-20-18(24)22-7-6-21-8-9-25-13-16(21)12-22/h3-5,10,16H,2,6-9,11-13H2,1H3,(H,19,23)(H,20,24)/t16-/m0/s1. The predicted molar refractivity (Wildman–Crippen MR) is 94.4 cm³/mol. The van der Waals surface area contributed by atoms with Crippen molar-refractivity contribution in [3.05, 3.63) is 35.4 Å². The summed E-state index contributed by atoms with van der Waals surface area (Å²) in [5.74, 6) is -0.0934. The molecule has 1 aromatic carbocycles. The molecule has 3 amide bonds. The van der Waals surface area contributed by atoms with E-state index in [2.05, 4.69) is 15.5 Å². The van der Waals surface area contributed by atoms with Crippen LogP contribution in [-0.2, 0) is 11.3 Å². The third-order valence-electron chi connectivity index (χ3n) is 4.70. The number of urea groups is 1. The van der Waals surface area contributed by atoms with Gasteiger partial charge in [-0.25, -0.2) is 4.79 Å². The van der Waals surface area contributed by atoms with Gasteiger partial charge in [-0.2, -0.15) is 0 Å².